The minimum absolute atomic E-state index is 0.0168. The second kappa shape index (κ2) is 5.09. The van der Waals surface area contributed by atoms with E-state index in [2.05, 4.69) is 0 Å². The van der Waals surface area contributed by atoms with Crippen molar-refractivity contribution in [2.75, 3.05) is 6.54 Å². The normalized spacial score (nSPS) is 20.6. The van der Waals surface area contributed by atoms with E-state index >= 15 is 0 Å². The lowest BCUT2D eigenvalue weighted by atomic mass is 9.67. The third-order valence-corrected chi connectivity index (χ3v) is 4.32. The Morgan fingerprint density at radius 2 is 1.90 bits per heavy atom. The van der Waals surface area contributed by atoms with Gasteiger partial charge in [0.25, 0.3) is 5.69 Å². The van der Waals surface area contributed by atoms with Crippen molar-refractivity contribution in [1.29, 1.82) is 0 Å². The third kappa shape index (κ3) is 2.52. The Bertz CT molecular complexity index is 522. The number of para-hydroxylation sites is 1. The molecule has 20 heavy (non-hydrogen) atoms. The molecule has 1 aromatic carbocycles. The standard InChI is InChI=1S/C14H18F2N2O2/c1-10-3-2-4-11(12(10)18(19)20)13(9-17)5-7-14(15,16)8-6-13/h2-4H,5-9,17H2,1H3. The van der Waals surface area contributed by atoms with Crippen LogP contribution in [-0.4, -0.2) is 17.4 Å². The zero-order valence-corrected chi connectivity index (χ0v) is 11.4. The zero-order chi connectivity index (χ0) is 15.0. The van der Waals surface area contributed by atoms with Crippen molar-refractivity contribution in [3.63, 3.8) is 0 Å². The average molecular weight is 284 g/mol. The van der Waals surface area contributed by atoms with Gasteiger partial charge in [-0.15, -0.1) is 0 Å². The van der Waals surface area contributed by atoms with Gasteiger partial charge in [0, 0.05) is 35.9 Å². The molecule has 0 unspecified atom stereocenters. The average Bonchev–Trinajstić information content (AvgIpc) is 2.39. The Morgan fingerprint density at radius 1 is 1.30 bits per heavy atom. The van der Waals surface area contributed by atoms with Crippen LogP contribution in [0.3, 0.4) is 0 Å². The van der Waals surface area contributed by atoms with Gasteiger partial charge in [0.15, 0.2) is 0 Å². The quantitative estimate of drug-likeness (QED) is 0.684. The monoisotopic (exact) mass is 284 g/mol. The van der Waals surface area contributed by atoms with E-state index in [0.717, 1.165) is 0 Å². The first-order valence-corrected chi connectivity index (χ1v) is 6.64. The van der Waals surface area contributed by atoms with Gasteiger partial charge < -0.3 is 5.73 Å². The number of benzene rings is 1. The molecule has 0 radical (unpaired) electrons. The molecular formula is C14H18F2N2O2. The van der Waals surface area contributed by atoms with Crippen LogP contribution in [0, 0.1) is 17.0 Å². The number of nitrogens with two attached hydrogens (primary N) is 1. The number of hydrogen-bond acceptors (Lipinski definition) is 3. The molecule has 0 bridgehead atoms. The maximum Gasteiger partial charge on any atom is 0.276 e. The summed E-state index contributed by atoms with van der Waals surface area (Å²) < 4.78 is 26.7. The number of halogens is 2. The van der Waals surface area contributed by atoms with Gasteiger partial charge >= 0.3 is 0 Å². The molecule has 110 valence electrons. The largest absolute Gasteiger partial charge is 0.330 e. The second-order valence-corrected chi connectivity index (χ2v) is 5.57. The minimum atomic E-state index is -2.68. The Hall–Kier alpha value is -1.56. The summed E-state index contributed by atoms with van der Waals surface area (Å²) in [6.07, 6.45) is -0.174. The van der Waals surface area contributed by atoms with Crippen LogP contribution in [0.15, 0.2) is 18.2 Å². The van der Waals surface area contributed by atoms with Crippen molar-refractivity contribution in [2.45, 2.75) is 43.9 Å². The predicted octanol–water partition coefficient (Wildman–Crippen LogP) is 3.31. The molecule has 1 aliphatic rings. The van der Waals surface area contributed by atoms with Crippen LogP contribution in [0.2, 0.25) is 0 Å². The van der Waals surface area contributed by atoms with Gasteiger partial charge in [-0.2, -0.15) is 0 Å². The van der Waals surface area contributed by atoms with Crippen molar-refractivity contribution in [3.8, 4) is 0 Å². The van der Waals surface area contributed by atoms with Crippen LogP contribution in [0.5, 0.6) is 0 Å². The molecule has 1 aliphatic carbocycles. The Labute approximate surface area is 116 Å². The summed E-state index contributed by atoms with van der Waals surface area (Å²) in [5.74, 6) is -2.68. The molecule has 2 N–H and O–H groups in total. The Kier molecular flexibility index (Phi) is 3.77. The van der Waals surface area contributed by atoms with E-state index in [9.17, 15) is 18.9 Å². The lowest BCUT2D eigenvalue weighted by molar-refractivity contribution is -0.386. The number of hydrogen-bond donors (Lipinski definition) is 1. The van der Waals surface area contributed by atoms with Crippen molar-refractivity contribution in [3.05, 3.63) is 39.4 Å². The first kappa shape index (κ1) is 14.8. The highest BCUT2D eigenvalue weighted by atomic mass is 19.3. The van der Waals surface area contributed by atoms with E-state index in [1.54, 1.807) is 25.1 Å². The number of nitro benzene ring substituents is 1. The molecule has 4 nitrogen and oxygen atoms in total. The van der Waals surface area contributed by atoms with Gasteiger partial charge in [0.1, 0.15) is 0 Å². The summed E-state index contributed by atoms with van der Waals surface area (Å²) in [4.78, 5) is 10.9. The van der Waals surface area contributed by atoms with Crippen molar-refractivity contribution in [2.24, 2.45) is 5.73 Å². The molecule has 1 aromatic rings. The summed E-state index contributed by atoms with van der Waals surface area (Å²) in [7, 11) is 0. The SMILES string of the molecule is Cc1cccc(C2(CN)CCC(F)(F)CC2)c1[N+](=O)[O-]. The molecule has 0 aliphatic heterocycles. The predicted molar refractivity (Wildman–Crippen MR) is 72.0 cm³/mol. The van der Waals surface area contributed by atoms with E-state index in [4.69, 9.17) is 5.73 Å². The molecule has 2 rings (SSSR count). The van der Waals surface area contributed by atoms with Crippen LogP contribution in [-0.2, 0) is 5.41 Å². The topological polar surface area (TPSA) is 69.2 Å². The zero-order valence-electron chi connectivity index (χ0n) is 11.4. The van der Waals surface area contributed by atoms with Gasteiger partial charge in [-0.3, -0.25) is 10.1 Å². The summed E-state index contributed by atoms with van der Waals surface area (Å²) >= 11 is 0. The summed E-state index contributed by atoms with van der Waals surface area (Å²) in [5.41, 5.74) is 6.16. The third-order valence-electron chi connectivity index (χ3n) is 4.32. The molecular weight excluding hydrogens is 266 g/mol. The fourth-order valence-corrected chi connectivity index (χ4v) is 3.01. The summed E-state index contributed by atoms with van der Waals surface area (Å²) in [5, 5.41) is 11.3. The fourth-order valence-electron chi connectivity index (χ4n) is 3.01. The van der Waals surface area contributed by atoms with E-state index in [1.807, 2.05) is 0 Å². The molecule has 6 heteroatoms. The van der Waals surface area contributed by atoms with Gasteiger partial charge in [-0.05, 0) is 19.8 Å². The number of nitro groups is 1. The van der Waals surface area contributed by atoms with Crippen LogP contribution in [0.4, 0.5) is 14.5 Å². The van der Waals surface area contributed by atoms with Crippen molar-refractivity contribution < 1.29 is 13.7 Å². The number of aryl methyl sites for hydroxylation is 1. The molecule has 0 aromatic heterocycles. The highest BCUT2D eigenvalue weighted by molar-refractivity contribution is 5.51. The van der Waals surface area contributed by atoms with Crippen LogP contribution in [0.25, 0.3) is 0 Å². The molecule has 1 fully saturated rings. The van der Waals surface area contributed by atoms with Gasteiger partial charge in [0.2, 0.25) is 5.92 Å². The molecule has 1 saturated carbocycles. The van der Waals surface area contributed by atoms with Crippen molar-refractivity contribution in [1.82, 2.24) is 0 Å². The van der Waals surface area contributed by atoms with Crippen molar-refractivity contribution >= 4 is 5.69 Å². The molecule has 0 spiro atoms. The van der Waals surface area contributed by atoms with Gasteiger partial charge in [-0.1, -0.05) is 18.2 Å². The van der Waals surface area contributed by atoms with E-state index in [1.165, 1.54) is 0 Å². The Morgan fingerprint density at radius 3 is 2.40 bits per heavy atom. The first-order valence-electron chi connectivity index (χ1n) is 6.64. The lowest BCUT2D eigenvalue weighted by Crippen LogP contribution is -2.42. The van der Waals surface area contributed by atoms with Gasteiger partial charge in [-0.25, -0.2) is 8.78 Å². The highest BCUT2D eigenvalue weighted by Gasteiger charge is 2.46. The molecule has 0 amide bonds. The number of rotatable bonds is 3. The van der Waals surface area contributed by atoms with Crippen LogP contribution < -0.4 is 5.73 Å². The van der Waals surface area contributed by atoms with Gasteiger partial charge in [0.05, 0.1) is 4.92 Å². The minimum Gasteiger partial charge on any atom is -0.330 e. The smallest absolute Gasteiger partial charge is 0.276 e. The second-order valence-electron chi connectivity index (χ2n) is 5.57. The van der Waals surface area contributed by atoms with E-state index in [-0.39, 0.29) is 37.9 Å². The number of alkyl halides is 2. The molecule has 0 atom stereocenters. The molecule has 0 heterocycles. The van der Waals surface area contributed by atoms with E-state index in [0.29, 0.717) is 11.1 Å². The maximum atomic E-state index is 13.4. The summed E-state index contributed by atoms with van der Waals surface area (Å²) in [6, 6.07) is 5.03. The Balaban J connectivity index is 2.48. The highest BCUT2D eigenvalue weighted by Crippen LogP contribution is 2.47. The van der Waals surface area contributed by atoms with Crippen LogP contribution >= 0.6 is 0 Å². The van der Waals surface area contributed by atoms with Crippen LogP contribution in [0.1, 0.15) is 36.8 Å². The number of nitrogens with zero attached hydrogens (tertiary/aromatic N) is 1. The first-order chi connectivity index (χ1) is 9.31. The molecule has 0 saturated heterocycles. The van der Waals surface area contributed by atoms with E-state index < -0.39 is 16.3 Å². The lowest BCUT2D eigenvalue weighted by Gasteiger charge is -2.39. The fraction of sp³-hybridized carbons (Fsp3) is 0.571. The summed E-state index contributed by atoms with van der Waals surface area (Å²) in [6.45, 7) is 1.80. The maximum absolute atomic E-state index is 13.4.